The number of aliphatic imine (C=N–C) groups is 1. The van der Waals surface area contributed by atoms with Gasteiger partial charge in [0.25, 0.3) is 0 Å². The Hall–Kier alpha value is -2.67. The molecule has 0 radical (unpaired) electrons. The maximum atomic E-state index is 5.43. The van der Waals surface area contributed by atoms with Crippen molar-refractivity contribution in [2.45, 2.75) is 13.1 Å². The number of rotatable bonds is 5. The first kappa shape index (κ1) is 17.2. The van der Waals surface area contributed by atoms with Gasteiger partial charge in [0.05, 0.1) is 25.5 Å². The van der Waals surface area contributed by atoms with Crippen LogP contribution in [0.4, 0.5) is 5.82 Å². The van der Waals surface area contributed by atoms with Crippen LogP contribution >= 0.6 is 0 Å². The summed E-state index contributed by atoms with van der Waals surface area (Å²) < 4.78 is 5.43. The Bertz CT molecular complexity index is 685. The predicted molar refractivity (Wildman–Crippen MR) is 98.5 cm³/mol. The lowest BCUT2D eigenvalue weighted by atomic mass is 10.2. The molecule has 2 N–H and O–H groups in total. The van der Waals surface area contributed by atoms with Crippen molar-refractivity contribution in [2.24, 2.45) is 4.99 Å². The average molecular weight is 340 g/mol. The summed E-state index contributed by atoms with van der Waals surface area (Å²) in [6.07, 6.45) is 3.62. The molecule has 2 aromatic heterocycles. The summed E-state index contributed by atoms with van der Waals surface area (Å²) in [6.45, 7) is 4.52. The SMILES string of the molecule is CN=C(NCc1ccccn1)NCc1cccnc1N1CCOCC1. The van der Waals surface area contributed by atoms with Gasteiger partial charge in [-0.05, 0) is 18.2 Å². The molecule has 7 nitrogen and oxygen atoms in total. The molecule has 0 aliphatic carbocycles. The highest BCUT2D eigenvalue weighted by molar-refractivity contribution is 5.79. The standard InChI is InChI=1S/C18H24N6O/c1-19-18(23-14-16-6-2-3-7-20-16)22-13-15-5-4-8-21-17(15)24-9-11-25-12-10-24/h2-8H,9-14H2,1H3,(H2,19,22,23). The van der Waals surface area contributed by atoms with Crippen LogP contribution in [0.25, 0.3) is 0 Å². The molecule has 1 fully saturated rings. The van der Waals surface area contributed by atoms with Crippen LogP contribution in [0.15, 0.2) is 47.7 Å². The van der Waals surface area contributed by atoms with E-state index in [0.717, 1.165) is 49.3 Å². The smallest absolute Gasteiger partial charge is 0.191 e. The minimum atomic E-state index is 0.629. The Balaban J connectivity index is 1.58. The molecule has 0 atom stereocenters. The Labute approximate surface area is 148 Å². The van der Waals surface area contributed by atoms with E-state index in [1.165, 1.54) is 0 Å². The van der Waals surface area contributed by atoms with Crippen molar-refractivity contribution in [3.05, 3.63) is 54.0 Å². The van der Waals surface area contributed by atoms with E-state index in [-0.39, 0.29) is 0 Å². The molecule has 0 spiro atoms. The maximum Gasteiger partial charge on any atom is 0.191 e. The molecule has 0 aromatic carbocycles. The average Bonchev–Trinajstić information content (AvgIpc) is 2.70. The minimum Gasteiger partial charge on any atom is -0.378 e. The first-order chi connectivity index (χ1) is 12.4. The van der Waals surface area contributed by atoms with Crippen LogP contribution in [0.3, 0.4) is 0 Å². The molecule has 7 heteroatoms. The van der Waals surface area contributed by atoms with Crippen molar-refractivity contribution in [3.63, 3.8) is 0 Å². The fourth-order valence-corrected chi connectivity index (χ4v) is 2.70. The molecular weight excluding hydrogens is 316 g/mol. The van der Waals surface area contributed by atoms with Crippen LogP contribution in [0.2, 0.25) is 0 Å². The van der Waals surface area contributed by atoms with Crippen molar-refractivity contribution in [2.75, 3.05) is 38.3 Å². The molecule has 2 aromatic rings. The number of morpholine rings is 1. The monoisotopic (exact) mass is 340 g/mol. The quantitative estimate of drug-likeness (QED) is 0.629. The zero-order valence-corrected chi connectivity index (χ0v) is 14.5. The van der Waals surface area contributed by atoms with E-state index >= 15 is 0 Å². The van der Waals surface area contributed by atoms with Gasteiger partial charge < -0.3 is 20.3 Å². The molecule has 3 rings (SSSR count). The number of nitrogens with zero attached hydrogens (tertiary/aromatic N) is 4. The van der Waals surface area contributed by atoms with Crippen LogP contribution < -0.4 is 15.5 Å². The summed E-state index contributed by atoms with van der Waals surface area (Å²) in [6, 6.07) is 9.93. The highest BCUT2D eigenvalue weighted by atomic mass is 16.5. The molecule has 1 aliphatic heterocycles. The van der Waals surface area contributed by atoms with Crippen LogP contribution in [0.5, 0.6) is 0 Å². The van der Waals surface area contributed by atoms with Crippen molar-refractivity contribution >= 4 is 11.8 Å². The summed E-state index contributed by atoms with van der Waals surface area (Å²) in [7, 11) is 1.76. The summed E-state index contributed by atoms with van der Waals surface area (Å²) in [5.41, 5.74) is 2.12. The number of hydrogen-bond donors (Lipinski definition) is 2. The Morgan fingerprint density at radius 1 is 1.08 bits per heavy atom. The van der Waals surface area contributed by atoms with Gasteiger partial charge in [-0.15, -0.1) is 0 Å². The maximum absolute atomic E-state index is 5.43. The molecule has 0 bridgehead atoms. The molecule has 0 unspecified atom stereocenters. The third-order valence-corrected chi connectivity index (χ3v) is 4.01. The lowest BCUT2D eigenvalue weighted by molar-refractivity contribution is 0.122. The van der Waals surface area contributed by atoms with Crippen LogP contribution in [0, 0.1) is 0 Å². The van der Waals surface area contributed by atoms with Crippen molar-refractivity contribution in [1.29, 1.82) is 0 Å². The number of pyridine rings is 2. The van der Waals surface area contributed by atoms with Crippen LogP contribution in [-0.4, -0.2) is 49.3 Å². The Morgan fingerprint density at radius 3 is 2.64 bits per heavy atom. The largest absolute Gasteiger partial charge is 0.378 e. The molecule has 25 heavy (non-hydrogen) atoms. The number of anilines is 1. The molecule has 0 saturated carbocycles. The van der Waals surface area contributed by atoms with Gasteiger partial charge in [-0.1, -0.05) is 12.1 Å². The number of aromatic nitrogens is 2. The fraction of sp³-hybridized carbons (Fsp3) is 0.389. The van der Waals surface area contributed by atoms with Gasteiger partial charge in [0, 0.05) is 44.6 Å². The van der Waals surface area contributed by atoms with Crippen molar-refractivity contribution in [1.82, 2.24) is 20.6 Å². The van der Waals surface area contributed by atoms with Gasteiger partial charge in [-0.25, -0.2) is 4.98 Å². The highest BCUT2D eigenvalue weighted by Gasteiger charge is 2.15. The normalized spacial score (nSPS) is 15.1. The minimum absolute atomic E-state index is 0.629. The van der Waals surface area contributed by atoms with E-state index in [0.29, 0.717) is 13.1 Å². The lowest BCUT2D eigenvalue weighted by Crippen LogP contribution is -2.39. The van der Waals surface area contributed by atoms with Gasteiger partial charge in [0.2, 0.25) is 0 Å². The summed E-state index contributed by atoms with van der Waals surface area (Å²) in [5.74, 6) is 1.75. The second-order valence-corrected chi connectivity index (χ2v) is 5.69. The van der Waals surface area contributed by atoms with Crippen LogP contribution in [-0.2, 0) is 17.8 Å². The highest BCUT2D eigenvalue weighted by Crippen LogP contribution is 2.18. The number of hydrogen-bond acceptors (Lipinski definition) is 5. The van der Waals surface area contributed by atoms with E-state index in [4.69, 9.17) is 4.74 Å². The zero-order valence-electron chi connectivity index (χ0n) is 14.5. The third-order valence-electron chi connectivity index (χ3n) is 4.01. The zero-order chi connectivity index (χ0) is 17.3. The summed E-state index contributed by atoms with van der Waals surface area (Å²) >= 11 is 0. The van der Waals surface area contributed by atoms with E-state index in [2.05, 4.69) is 36.6 Å². The predicted octanol–water partition coefficient (Wildman–Crippen LogP) is 1.18. The summed E-state index contributed by atoms with van der Waals surface area (Å²) in [5, 5.41) is 6.63. The van der Waals surface area contributed by atoms with Crippen molar-refractivity contribution < 1.29 is 4.74 Å². The molecule has 132 valence electrons. The van der Waals surface area contributed by atoms with Gasteiger partial charge >= 0.3 is 0 Å². The molecule has 1 aliphatic rings. The van der Waals surface area contributed by atoms with Crippen LogP contribution in [0.1, 0.15) is 11.3 Å². The summed E-state index contributed by atoms with van der Waals surface area (Å²) in [4.78, 5) is 15.4. The lowest BCUT2D eigenvalue weighted by Gasteiger charge is -2.29. The van der Waals surface area contributed by atoms with Gasteiger partial charge in [-0.3, -0.25) is 9.98 Å². The van der Waals surface area contributed by atoms with Gasteiger partial charge in [0.1, 0.15) is 5.82 Å². The van der Waals surface area contributed by atoms with Gasteiger partial charge in [0.15, 0.2) is 5.96 Å². The third kappa shape index (κ3) is 4.90. The molecule has 0 amide bonds. The fourth-order valence-electron chi connectivity index (χ4n) is 2.70. The second-order valence-electron chi connectivity index (χ2n) is 5.69. The second kappa shape index (κ2) is 8.98. The number of guanidine groups is 1. The first-order valence-electron chi connectivity index (χ1n) is 8.48. The number of nitrogens with one attached hydrogen (secondary N) is 2. The number of ether oxygens (including phenoxy) is 1. The Morgan fingerprint density at radius 2 is 1.88 bits per heavy atom. The van der Waals surface area contributed by atoms with Gasteiger partial charge in [-0.2, -0.15) is 0 Å². The van der Waals surface area contributed by atoms with E-state index < -0.39 is 0 Å². The van der Waals surface area contributed by atoms with E-state index in [1.807, 2.05) is 30.5 Å². The van der Waals surface area contributed by atoms with Crippen molar-refractivity contribution in [3.8, 4) is 0 Å². The van der Waals surface area contributed by atoms with E-state index in [1.54, 1.807) is 13.2 Å². The molecule has 1 saturated heterocycles. The first-order valence-corrected chi connectivity index (χ1v) is 8.48. The Kier molecular flexibility index (Phi) is 6.17. The molecule has 3 heterocycles. The van der Waals surface area contributed by atoms with E-state index in [9.17, 15) is 0 Å². The topological polar surface area (TPSA) is 74.7 Å². The molecular formula is C18H24N6O.